The molecule has 3 nitrogen and oxygen atoms in total. The van der Waals surface area contributed by atoms with Crippen molar-refractivity contribution in [3.8, 4) is 0 Å². The maximum Gasteiger partial charge on any atom is 0.211 e. The number of hydrogen-bond donors (Lipinski definition) is 0. The summed E-state index contributed by atoms with van der Waals surface area (Å²) < 4.78 is 24.1. The molecule has 1 rings (SSSR count). The van der Waals surface area contributed by atoms with E-state index >= 15 is 0 Å². The van der Waals surface area contributed by atoms with E-state index in [1.807, 2.05) is 11.8 Å². The van der Waals surface area contributed by atoms with Crippen LogP contribution < -0.4 is 0 Å². The minimum Gasteiger partial charge on any atom is -0.213 e. The molecule has 0 spiro atoms. The molecule has 1 unspecified atom stereocenters. The standard InChI is InChI=1S/C8H17NO2S2/c1-3-12-8-5-4-6-9(7-8)13(2,10)11/h8H,3-7H2,1-2H3. The largest absolute Gasteiger partial charge is 0.213 e. The van der Waals surface area contributed by atoms with Crippen LogP contribution in [0.2, 0.25) is 0 Å². The van der Waals surface area contributed by atoms with Crippen LogP contribution in [0, 0.1) is 0 Å². The molecule has 1 saturated heterocycles. The highest BCUT2D eigenvalue weighted by Gasteiger charge is 2.25. The molecule has 0 aromatic heterocycles. The molecule has 0 aliphatic carbocycles. The van der Waals surface area contributed by atoms with Crippen LogP contribution >= 0.6 is 11.8 Å². The van der Waals surface area contributed by atoms with Gasteiger partial charge in [-0.1, -0.05) is 6.92 Å². The van der Waals surface area contributed by atoms with E-state index in [1.165, 1.54) is 6.26 Å². The molecule has 0 aromatic carbocycles. The summed E-state index contributed by atoms with van der Waals surface area (Å²) in [7, 11) is -2.96. The summed E-state index contributed by atoms with van der Waals surface area (Å²) in [6.07, 6.45) is 3.46. The number of nitrogens with zero attached hydrogens (tertiary/aromatic N) is 1. The molecule has 0 saturated carbocycles. The van der Waals surface area contributed by atoms with Crippen molar-refractivity contribution in [2.24, 2.45) is 0 Å². The summed E-state index contributed by atoms with van der Waals surface area (Å²) >= 11 is 1.87. The molecule has 0 aromatic rings. The minimum atomic E-state index is -2.96. The Morgan fingerprint density at radius 1 is 1.54 bits per heavy atom. The third-order valence-corrected chi connectivity index (χ3v) is 4.67. The predicted molar refractivity (Wildman–Crippen MR) is 57.6 cm³/mol. The molecule has 1 heterocycles. The first-order valence-corrected chi connectivity index (χ1v) is 7.50. The zero-order valence-electron chi connectivity index (χ0n) is 8.19. The van der Waals surface area contributed by atoms with Gasteiger partial charge in [0.05, 0.1) is 6.26 Å². The van der Waals surface area contributed by atoms with Gasteiger partial charge in [-0.3, -0.25) is 0 Å². The van der Waals surface area contributed by atoms with Gasteiger partial charge in [0.1, 0.15) is 0 Å². The van der Waals surface area contributed by atoms with Crippen molar-refractivity contribution < 1.29 is 8.42 Å². The van der Waals surface area contributed by atoms with Crippen molar-refractivity contribution in [1.29, 1.82) is 0 Å². The van der Waals surface area contributed by atoms with Crippen LogP contribution in [0.4, 0.5) is 0 Å². The van der Waals surface area contributed by atoms with E-state index in [1.54, 1.807) is 4.31 Å². The first-order chi connectivity index (χ1) is 6.04. The molecule has 0 bridgehead atoms. The van der Waals surface area contributed by atoms with Gasteiger partial charge in [0.25, 0.3) is 0 Å². The molecular weight excluding hydrogens is 206 g/mol. The fraction of sp³-hybridized carbons (Fsp3) is 1.00. The minimum absolute atomic E-state index is 0.508. The van der Waals surface area contributed by atoms with Crippen molar-refractivity contribution >= 4 is 21.8 Å². The maximum absolute atomic E-state index is 11.3. The van der Waals surface area contributed by atoms with Crippen LogP contribution in [0.25, 0.3) is 0 Å². The summed E-state index contributed by atoms with van der Waals surface area (Å²) in [5.41, 5.74) is 0. The highest BCUT2D eigenvalue weighted by molar-refractivity contribution is 7.99. The van der Waals surface area contributed by atoms with E-state index in [2.05, 4.69) is 6.92 Å². The number of thioether (sulfide) groups is 1. The second-order valence-corrected chi connectivity index (χ2v) is 6.90. The average Bonchev–Trinajstić information content (AvgIpc) is 2.04. The van der Waals surface area contributed by atoms with Crippen LogP contribution in [0.15, 0.2) is 0 Å². The number of piperidine rings is 1. The van der Waals surface area contributed by atoms with Crippen molar-refractivity contribution in [1.82, 2.24) is 4.31 Å². The van der Waals surface area contributed by atoms with Gasteiger partial charge < -0.3 is 0 Å². The van der Waals surface area contributed by atoms with Crippen LogP contribution in [-0.2, 0) is 10.0 Å². The summed E-state index contributed by atoms with van der Waals surface area (Å²) in [6.45, 7) is 3.53. The molecule has 0 N–H and O–H groups in total. The van der Waals surface area contributed by atoms with Crippen molar-refractivity contribution in [2.45, 2.75) is 25.0 Å². The van der Waals surface area contributed by atoms with E-state index in [-0.39, 0.29) is 0 Å². The molecule has 78 valence electrons. The van der Waals surface area contributed by atoms with Crippen molar-refractivity contribution in [2.75, 3.05) is 25.1 Å². The quantitative estimate of drug-likeness (QED) is 0.720. The summed E-state index contributed by atoms with van der Waals surface area (Å²) in [6, 6.07) is 0. The van der Waals surface area contributed by atoms with Crippen LogP contribution in [0.3, 0.4) is 0 Å². The molecule has 0 amide bonds. The third-order valence-electron chi connectivity index (χ3n) is 2.21. The smallest absolute Gasteiger partial charge is 0.211 e. The van der Waals surface area contributed by atoms with Gasteiger partial charge in [-0.05, 0) is 18.6 Å². The van der Waals surface area contributed by atoms with Gasteiger partial charge in [0.2, 0.25) is 10.0 Å². The Labute approximate surface area is 84.9 Å². The lowest BCUT2D eigenvalue weighted by atomic mass is 10.2. The Balaban J connectivity index is 2.52. The van der Waals surface area contributed by atoms with Crippen LogP contribution in [0.1, 0.15) is 19.8 Å². The fourth-order valence-electron chi connectivity index (χ4n) is 1.58. The van der Waals surface area contributed by atoms with E-state index in [9.17, 15) is 8.42 Å². The number of rotatable bonds is 3. The van der Waals surface area contributed by atoms with E-state index in [0.29, 0.717) is 18.3 Å². The summed E-state index contributed by atoms with van der Waals surface area (Å²) in [5, 5.41) is 0.508. The predicted octanol–water partition coefficient (Wildman–Crippen LogP) is 1.16. The van der Waals surface area contributed by atoms with Crippen molar-refractivity contribution in [3.63, 3.8) is 0 Å². The summed E-state index contributed by atoms with van der Waals surface area (Å²) in [5.74, 6) is 1.07. The Morgan fingerprint density at radius 2 is 2.23 bits per heavy atom. The lowest BCUT2D eigenvalue weighted by Crippen LogP contribution is -2.40. The van der Waals surface area contributed by atoms with Crippen molar-refractivity contribution in [3.05, 3.63) is 0 Å². The van der Waals surface area contributed by atoms with Gasteiger partial charge in [0.15, 0.2) is 0 Å². The molecule has 0 radical (unpaired) electrons. The molecule has 13 heavy (non-hydrogen) atoms. The average molecular weight is 223 g/mol. The van der Waals surface area contributed by atoms with Crippen LogP contribution in [0.5, 0.6) is 0 Å². The molecular formula is C8H17NO2S2. The lowest BCUT2D eigenvalue weighted by Gasteiger charge is -2.30. The Bertz CT molecular complexity index is 249. The highest BCUT2D eigenvalue weighted by atomic mass is 32.2. The maximum atomic E-state index is 11.3. The topological polar surface area (TPSA) is 37.4 Å². The van der Waals surface area contributed by atoms with Gasteiger partial charge >= 0.3 is 0 Å². The number of sulfonamides is 1. The molecule has 5 heteroatoms. The monoisotopic (exact) mass is 223 g/mol. The lowest BCUT2D eigenvalue weighted by molar-refractivity contribution is 0.356. The first kappa shape index (κ1) is 11.3. The number of hydrogen-bond acceptors (Lipinski definition) is 3. The van der Waals surface area contributed by atoms with E-state index in [0.717, 1.165) is 18.6 Å². The van der Waals surface area contributed by atoms with E-state index in [4.69, 9.17) is 0 Å². The van der Waals surface area contributed by atoms with Gasteiger partial charge in [-0.2, -0.15) is 11.8 Å². The third kappa shape index (κ3) is 3.48. The Morgan fingerprint density at radius 3 is 2.77 bits per heavy atom. The molecule has 1 aliphatic heterocycles. The zero-order valence-corrected chi connectivity index (χ0v) is 9.83. The van der Waals surface area contributed by atoms with Gasteiger partial charge in [-0.25, -0.2) is 12.7 Å². The fourth-order valence-corrected chi connectivity index (χ4v) is 3.67. The zero-order chi connectivity index (χ0) is 9.90. The van der Waals surface area contributed by atoms with E-state index < -0.39 is 10.0 Å². The molecule has 1 atom stereocenters. The SMILES string of the molecule is CCSC1CCCN(S(C)(=O)=O)C1. The Hall–Kier alpha value is 0.260. The molecule has 1 fully saturated rings. The molecule has 1 aliphatic rings. The summed E-state index contributed by atoms with van der Waals surface area (Å²) in [4.78, 5) is 0. The second kappa shape index (κ2) is 4.66. The van der Waals surface area contributed by atoms with Gasteiger partial charge in [-0.15, -0.1) is 0 Å². The van der Waals surface area contributed by atoms with Gasteiger partial charge in [0, 0.05) is 18.3 Å². The first-order valence-electron chi connectivity index (χ1n) is 4.60. The highest BCUT2D eigenvalue weighted by Crippen LogP contribution is 2.23. The second-order valence-electron chi connectivity index (χ2n) is 3.34. The van der Waals surface area contributed by atoms with Crippen LogP contribution in [-0.4, -0.2) is 43.1 Å². The normalized spacial score (nSPS) is 26.2. The Kier molecular flexibility index (Phi) is 4.06.